The Morgan fingerprint density at radius 3 is 2.76 bits per heavy atom. The maximum absolute atomic E-state index is 11.2. The highest BCUT2D eigenvalue weighted by atomic mass is 16.4. The lowest BCUT2D eigenvalue weighted by Gasteiger charge is -2.31. The zero-order valence-corrected chi connectivity index (χ0v) is 9.30. The number of nitrogens with two attached hydrogens (primary N) is 1. The number of carboxylic acid groups (broad SMARTS) is 1. The summed E-state index contributed by atoms with van der Waals surface area (Å²) in [4.78, 5) is 23.9. The molecule has 1 aromatic rings. The fraction of sp³-hybridized carbons (Fsp3) is 0.333. The van der Waals surface area contributed by atoms with E-state index in [1.807, 2.05) is 24.3 Å². The molecule has 90 valence electrons. The topological polar surface area (TPSA) is 83.6 Å². The molecular weight excluding hydrogens is 220 g/mol. The second-order valence-electron chi connectivity index (χ2n) is 4.23. The highest BCUT2D eigenvalue weighted by Crippen LogP contribution is 2.28. The fourth-order valence-corrected chi connectivity index (χ4v) is 2.23. The van der Waals surface area contributed by atoms with Gasteiger partial charge in [0.05, 0.1) is 12.5 Å². The van der Waals surface area contributed by atoms with Crippen molar-refractivity contribution in [2.75, 3.05) is 13.1 Å². The molecule has 0 spiro atoms. The molecule has 5 heteroatoms. The number of rotatable bonds is 3. The lowest BCUT2D eigenvalue weighted by molar-refractivity contribution is -0.140. The summed E-state index contributed by atoms with van der Waals surface area (Å²) in [5, 5.41) is 9.19. The minimum atomic E-state index is -0.869. The molecule has 0 aromatic heterocycles. The number of carbonyl (C=O) groups excluding carboxylic acids is 1. The lowest BCUT2D eigenvalue weighted by atomic mass is 9.90. The maximum Gasteiger partial charge on any atom is 0.312 e. The van der Waals surface area contributed by atoms with Crippen LogP contribution < -0.4 is 5.73 Å². The molecular formula is C12H14N2O3. The minimum absolute atomic E-state index is 0.0954. The Kier molecular flexibility index (Phi) is 3.10. The van der Waals surface area contributed by atoms with Gasteiger partial charge in [0.2, 0.25) is 5.91 Å². The van der Waals surface area contributed by atoms with Crippen LogP contribution >= 0.6 is 0 Å². The molecule has 1 aliphatic heterocycles. The smallest absolute Gasteiger partial charge is 0.312 e. The number of nitrogens with zero attached hydrogens (tertiary/aromatic N) is 1. The summed E-state index contributed by atoms with van der Waals surface area (Å²) >= 11 is 0. The van der Waals surface area contributed by atoms with Crippen molar-refractivity contribution in [3.05, 3.63) is 35.4 Å². The molecule has 1 atom stereocenters. The molecule has 17 heavy (non-hydrogen) atoms. The summed E-state index contributed by atoms with van der Waals surface area (Å²) in [7, 11) is 0. The van der Waals surface area contributed by atoms with E-state index in [0.717, 1.165) is 11.1 Å². The standard InChI is InChI=1S/C12H14N2O3/c13-11(15)7-14-5-8-3-1-2-4-9(8)10(6-14)12(16)17/h1-4,10H,5-7H2,(H2,13,15)(H,16,17). The predicted octanol–water partition coefficient (Wildman–Crippen LogP) is 0.156. The number of hydrogen-bond acceptors (Lipinski definition) is 3. The Morgan fingerprint density at radius 1 is 1.41 bits per heavy atom. The van der Waals surface area contributed by atoms with Crippen molar-refractivity contribution in [2.45, 2.75) is 12.5 Å². The molecule has 0 bridgehead atoms. The number of carboxylic acids is 1. The van der Waals surface area contributed by atoms with Gasteiger partial charge in [0.1, 0.15) is 0 Å². The van der Waals surface area contributed by atoms with E-state index in [0.29, 0.717) is 13.1 Å². The molecule has 1 amide bonds. The van der Waals surface area contributed by atoms with E-state index in [1.165, 1.54) is 0 Å². The van der Waals surface area contributed by atoms with Crippen LogP contribution in [0.25, 0.3) is 0 Å². The van der Waals surface area contributed by atoms with E-state index in [4.69, 9.17) is 5.73 Å². The average molecular weight is 234 g/mol. The summed E-state index contributed by atoms with van der Waals surface area (Å²) in [6.07, 6.45) is 0. The second kappa shape index (κ2) is 4.55. The first kappa shape index (κ1) is 11.6. The SMILES string of the molecule is NC(=O)CN1Cc2ccccc2C(C(=O)O)C1. The molecule has 0 fully saturated rings. The van der Waals surface area contributed by atoms with Crippen LogP contribution in [0.3, 0.4) is 0 Å². The largest absolute Gasteiger partial charge is 0.481 e. The molecule has 2 rings (SSSR count). The average Bonchev–Trinajstić information content (AvgIpc) is 2.27. The molecule has 1 unspecified atom stereocenters. The van der Waals surface area contributed by atoms with Crippen molar-refractivity contribution in [1.29, 1.82) is 0 Å². The molecule has 0 saturated heterocycles. The predicted molar refractivity (Wildman–Crippen MR) is 61.3 cm³/mol. The number of fused-ring (bicyclic) bond motifs is 1. The van der Waals surface area contributed by atoms with Crippen LogP contribution in [-0.4, -0.2) is 35.0 Å². The zero-order valence-electron chi connectivity index (χ0n) is 9.30. The Bertz CT molecular complexity index is 459. The summed E-state index contributed by atoms with van der Waals surface area (Å²) < 4.78 is 0. The van der Waals surface area contributed by atoms with E-state index in [1.54, 1.807) is 4.90 Å². The number of benzene rings is 1. The summed E-state index contributed by atoms with van der Waals surface area (Å²) in [6, 6.07) is 7.41. The van der Waals surface area contributed by atoms with Crippen molar-refractivity contribution in [2.24, 2.45) is 5.73 Å². The number of aliphatic carboxylic acids is 1. The summed E-state index contributed by atoms with van der Waals surface area (Å²) in [5.74, 6) is -1.89. The van der Waals surface area contributed by atoms with E-state index >= 15 is 0 Å². The Hall–Kier alpha value is -1.88. The normalized spacial score (nSPS) is 19.6. The van der Waals surface area contributed by atoms with E-state index in [9.17, 15) is 14.7 Å². The zero-order chi connectivity index (χ0) is 12.4. The molecule has 0 saturated carbocycles. The molecule has 1 aromatic carbocycles. The first-order valence-electron chi connectivity index (χ1n) is 5.39. The summed E-state index contributed by atoms with van der Waals surface area (Å²) in [5.41, 5.74) is 6.92. The second-order valence-corrected chi connectivity index (χ2v) is 4.23. The van der Waals surface area contributed by atoms with Crippen LogP contribution in [0.15, 0.2) is 24.3 Å². The molecule has 1 heterocycles. The minimum Gasteiger partial charge on any atom is -0.481 e. The third-order valence-corrected chi connectivity index (χ3v) is 2.94. The molecule has 0 aliphatic carbocycles. The van der Waals surface area contributed by atoms with Crippen molar-refractivity contribution in [1.82, 2.24) is 4.90 Å². The van der Waals surface area contributed by atoms with Gasteiger partial charge in [0, 0.05) is 13.1 Å². The van der Waals surface area contributed by atoms with Crippen molar-refractivity contribution in [3.8, 4) is 0 Å². The third-order valence-electron chi connectivity index (χ3n) is 2.94. The highest BCUT2D eigenvalue weighted by molar-refractivity contribution is 5.78. The van der Waals surface area contributed by atoms with Gasteiger partial charge in [-0.25, -0.2) is 0 Å². The highest BCUT2D eigenvalue weighted by Gasteiger charge is 2.30. The van der Waals surface area contributed by atoms with Gasteiger partial charge in [-0.2, -0.15) is 0 Å². The Morgan fingerprint density at radius 2 is 2.12 bits per heavy atom. The Labute approximate surface area is 98.8 Å². The van der Waals surface area contributed by atoms with Crippen LogP contribution in [0, 0.1) is 0 Å². The van der Waals surface area contributed by atoms with Crippen molar-refractivity contribution >= 4 is 11.9 Å². The van der Waals surface area contributed by atoms with Gasteiger partial charge in [-0.1, -0.05) is 24.3 Å². The first-order valence-corrected chi connectivity index (χ1v) is 5.39. The van der Waals surface area contributed by atoms with Gasteiger partial charge in [0.25, 0.3) is 0 Å². The number of amides is 1. The first-order chi connectivity index (χ1) is 8.08. The summed E-state index contributed by atoms with van der Waals surface area (Å²) in [6.45, 7) is 0.996. The fourth-order valence-electron chi connectivity index (χ4n) is 2.23. The van der Waals surface area contributed by atoms with Crippen LogP contribution in [0.2, 0.25) is 0 Å². The maximum atomic E-state index is 11.2. The van der Waals surface area contributed by atoms with Gasteiger partial charge in [-0.15, -0.1) is 0 Å². The van der Waals surface area contributed by atoms with Gasteiger partial charge in [-0.05, 0) is 11.1 Å². The quantitative estimate of drug-likeness (QED) is 0.780. The number of primary amides is 1. The van der Waals surface area contributed by atoms with Crippen LogP contribution in [0.4, 0.5) is 0 Å². The van der Waals surface area contributed by atoms with E-state index in [2.05, 4.69) is 0 Å². The van der Waals surface area contributed by atoms with Crippen LogP contribution in [0.5, 0.6) is 0 Å². The van der Waals surface area contributed by atoms with Crippen molar-refractivity contribution < 1.29 is 14.7 Å². The molecule has 1 aliphatic rings. The van der Waals surface area contributed by atoms with Gasteiger partial charge >= 0.3 is 5.97 Å². The van der Waals surface area contributed by atoms with E-state index in [-0.39, 0.29) is 6.54 Å². The molecule has 3 N–H and O–H groups in total. The van der Waals surface area contributed by atoms with Crippen molar-refractivity contribution in [3.63, 3.8) is 0 Å². The van der Waals surface area contributed by atoms with Crippen LogP contribution in [-0.2, 0) is 16.1 Å². The van der Waals surface area contributed by atoms with Gasteiger partial charge in [0.15, 0.2) is 0 Å². The van der Waals surface area contributed by atoms with Crippen LogP contribution in [0.1, 0.15) is 17.0 Å². The number of carbonyl (C=O) groups is 2. The Balaban J connectivity index is 2.29. The lowest BCUT2D eigenvalue weighted by Crippen LogP contribution is -2.41. The monoisotopic (exact) mass is 234 g/mol. The molecule has 5 nitrogen and oxygen atoms in total. The van der Waals surface area contributed by atoms with Gasteiger partial charge in [-0.3, -0.25) is 14.5 Å². The van der Waals surface area contributed by atoms with Gasteiger partial charge < -0.3 is 10.8 Å². The number of hydrogen-bond donors (Lipinski definition) is 2. The van der Waals surface area contributed by atoms with E-state index < -0.39 is 17.8 Å². The molecule has 0 radical (unpaired) electrons. The third kappa shape index (κ3) is 2.45.